The highest BCUT2D eigenvalue weighted by Crippen LogP contribution is 2.38. The van der Waals surface area contributed by atoms with Crippen LogP contribution in [-0.2, 0) is 11.3 Å². The summed E-state index contributed by atoms with van der Waals surface area (Å²) in [5, 5.41) is 0. The van der Waals surface area contributed by atoms with Crippen molar-refractivity contribution >= 4 is 5.95 Å². The number of anilines is 1. The first-order valence-electron chi connectivity index (χ1n) is 10.5. The van der Waals surface area contributed by atoms with Crippen LogP contribution in [0.5, 0.6) is 0 Å². The lowest BCUT2D eigenvalue weighted by molar-refractivity contribution is -0.0880. The minimum absolute atomic E-state index is 0.566. The molecule has 1 aromatic heterocycles. The molecule has 1 saturated carbocycles. The number of ether oxygens (including phenoxy) is 1. The topological polar surface area (TPSA) is 44.7 Å². The van der Waals surface area contributed by atoms with E-state index in [4.69, 9.17) is 4.74 Å². The summed E-state index contributed by atoms with van der Waals surface area (Å²) in [5.74, 6) is 1.81. The number of nitrogens with zero attached hydrogens (tertiary/aromatic N) is 5. The van der Waals surface area contributed by atoms with Gasteiger partial charge in [0, 0.05) is 69.3 Å². The van der Waals surface area contributed by atoms with Gasteiger partial charge in [-0.15, -0.1) is 0 Å². The van der Waals surface area contributed by atoms with Crippen molar-refractivity contribution in [2.75, 3.05) is 50.8 Å². The molecule has 6 heteroatoms. The Kier molecular flexibility index (Phi) is 4.82. The summed E-state index contributed by atoms with van der Waals surface area (Å²) in [6.07, 6.45) is 10.7. The summed E-state index contributed by atoms with van der Waals surface area (Å²) < 4.78 is 5.94. The second-order valence-corrected chi connectivity index (χ2v) is 8.51. The molecule has 0 unspecified atom stereocenters. The maximum Gasteiger partial charge on any atom is 0.225 e. The van der Waals surface area contributed by atoms with Crippen LogP contribution in [0.2, 0.25) is 0 Å². The first-order valence-corrected chi connectivity index (χ1v) is 10.5. The Morgan fingerprint density at radius 1 is 0.962 bits per heavy atom. The average Bonchev–Trinajstić information content (AvgIpc) is 3.54. The highest BCUT2D eigenvalue weighted by Gasteiger charge is 2.42. The molecular formula is C20H31N5O. The largest absolute Gasteiger partial charge is 0.378 e. The maximum absolute atomic E-state index is 5.94. The first kappa shape index (κ1) is 16.9. The van der Waals surface area contributed by atoms with Gasteiger partial charge in [-0.1, -0.05) is 0 Å². The van der Waals surface area contributed by atoms with Gasteiger partial charge in [0.25, 0.3) is 0 Å². The monoisotopic (exact) mass is 357 g/mol. The van der Waals surface area contributed by atoms with E-state index in [9.17, 15) is 0 Å². The molecule has 1 aliphatic carbocycles. The Labute approximate surface area is 156 Å². The second-order valence-electron chi connectivity index (χ2n) is 8.51. The van der Waals surface area contributed by atoms with Gasteiger partial charge in [0.2, 0.25) is 5.95 Å². The van der Waals surface area contributed by atoms with Crippen LogP contribution in [0.15, 0.2) is 12.4 Å². The van der Waals surface area contributed by atoms with Crippen LogP contribution in [0.25, 0.3) is 0 Å². The zero-order chi connectivity index (χ0) is 17.3. The summed E-state index contributed by atoms with van der Waals surface area (Å²) in [4.78, 5) is 16.9. The average molecular weight is 358 g/mol. The Morgan fingerprint density at radius 2 is 1.77 bits per heavy atom. The number of rotatable bonds is 4. The van der Waals surface area contributed by atoms with Gasteiger partial charge in [-0.25, -0.2) is 9.97 Å². The number of hydrogen-bond acceptors (Lipinski definition) is 6. The second kappa shape index (κ2) is 7.41. The Balaban J connectivity index is 1.18. The summed E-state index contributed by atoms with van der Waals surface area (Å²) in [5.41, 5.74) is 1.23. The molecular weight excluding hydrogens is 326 g/mol. The highest BCUT2D eigenvalue weighted by molar-refractivity contribution is 5.30. The molecule has 3 aliphatic heterocycles. The van der Waals surface area contributed by atoms with Crippen molar-refractivity contribution < 1.29 is 4.74 Å². The summed E-state index contributed by atoms with van der Waals surface area (Å²) in [7, 11) is 0. The summed E-state index contributed by atoms with van der Waals surface area (Å²) in [6.45, 7) is 8.44. The third kappa shape index (κ3) is 3.59. The lowest BCUT2D eigenvalue weighted by atomic mass is 10.0. The number of fused-ring (bicyclic) bond motifs is 1. The van der Waals surface area contributed by atoms with Crippen LogP contribution in [0, 0.1) is 5.92 Å². The number of aromatic nitrogens is 2. The van der Waals surface area contributed by atoms with Crippen LogP contribution in [0.1, 0.15) is 37.7 Å². The lowest BCUT2D eigenvalue weighted by Crippen LogP contribution is -2.62. The van der Waals surface area contributed by atoms with Gasteiger partial charge < -0.3 is 9.64 Å². The molecule has 4 fully saturated rings. The maximum atomic E-state index is 5.94. The van der Waals surface area contributed by atoms with Crippen LogP contribution < -0.4 is 4.90 Å². The minimum atomic E-state index is 0.566. The Bertz CT molecular complexity index is 599. The molecule has 142 valence electrons. The molecule has 1 aromatic rings. The lowest BCUT2D eigenvalue weighted by Gasteiger charge is -2.48. The fourth-order valence-electron chi connectivity index (χ4n) is 4.92. The molecule has 2 atom stereocenters. The normalized spacial score (nSPS) is 31.0. The predicted molar refractivity (Wildman–Crippen MR) is 101 cm³/mol. The third-order valence-corrected chi connectivity index (χ3v) is 6.54. The van der Waals surface area contributed by atoms with Crippen molar-refractivity contribution in [3.63, 3.8) is 0 Å². The van der Waals surface area contributed by atoms with Crippen LogP contribution in [0.3, 0.4) is 0 Å². The smallest absolute Gasteiger partial charge is 0.225 e. The summed E-state index contributed by atoms with van der Waals surface area (Å²) in [6, 6.07) is 1.25. The van der Waals surface area contributed by atoms with Gasteiger partial charge in [-0.05, 0) is 38.0 Å². The molecule has 3 saturated heterocycles. The molecule has 6 nitrogen and oxygen atoms in total. The van der Waals surface area contributed by atoms with E-state index in [2.05, 4.69) is 24.7 Å². The van der Waals surface area contributed by atoms with Gasteiger partial charge in [-0.2, -0.15) is 0 Å². The van der Waals surface area contributed by atoms with Gasteiger partial charge >= 0.3 is 0 Å². The number of piperidine rings is 1. The van der Waals surface area contributed by atoms with Crippen molar-refractivity contribution in [2.45, 2.75) is 50.7 Å². The Hall–Kier alpha value is -1.24. The molecule has 0 spiro atoms. The van der Waals surface area contributed by atoms with E-state index in [1.807, 2.05) is 12.4 Å². The first-order chi connectivity index (χ1) is 12.9. The van der Waals surface area contributed by atoms with Crippen molar-refractivity contribution in [2.24, 2.45) is 5.92 Å². The van der Waals surface area contributed by atoms with E-state index in [1.54, 1.807) is 0 Å². The van der Waals surface area contributed by atoms with Crippen molar-refractivity contribution in [3.05, 3.63) is 18.0 Å². The van der Waals surface area contributed by atoms with Gasteiger partial charge in [0.15, 0.2) is 0 Å². The molecule has 26 heavy (non-hydrogen) atoms. The fraction of sp³-hybridized carbons (Fsp3) is 0.800. The van der Waals surface area contributed by atoms with Crippen molar-refractivity contribution in [1.82, 2.24) is 19.8 Å². The number of hydrogen-bond donors (Lipinski definition) is 0. The molecule has 5 rings (SSSR count). The van der Waals surface area contributed by atoms with Gasteiger partial charge in [-0.3, -0.25) is 9.80 Å². The quantitative estimate of drug-likeness (QED) is 0.818. The molecule has 4 heterocycles. The van der Waals surface area contributed by atoms with Gasteiger partial charge in [0.1, 0.15) is 0 Å². The van der Waals surface area contributed by atoms with E-state index < -0.39 is 0 Å². The predicted octanol–water partition coefficient (Wildman–Crippen LogP) is 1.76. The van der Waals surface area contributed by atoms with Crippen molar-refractivity contribution in [1.29, 1.82) is 0 Å². The zero-order valence-electron chi connectivity index (χ0n) is 15.7. The van der Waals surface area contributed by atoms with E-state index >= 15 is 0 Å². The molecule has 0 amide bonds. The number of piperazine rings is 1. The third-order valence-electron chi connectivity index (χ3n) is 6.54. The van der Waals surface area contributed by atoms with E-state index in [-0.39, 0.29) is 0 Å². The van der Waals surface area contributed by atoms with E-state index in [0.717, 1.165) is 57.8 Å². The van der Waals surface area contributed by atoms with Crippen LogP contribution in [-0.4, -0.2) is 77.8 Å². The van der Waals surface area contributed by atoms with E-state index in [0.29, 0.717) is 12.1 Å². The van der Waals surface area contributed by atoms with E-state index in [1.165, 1.54) is 44.2 Å². The van der Waals surface area contributed by atoms with Crippen molar-refractivity contribution in [3.8, 4) is 0 Å². The highest BCUT2D eigenvalue weighted by atomic mass is 16.5. The fourth-order valence-corrected chi connectivity index (χ4v) is 4.92. The van der Waals surface area contributed by atoms with Crippen LogP contribution in [0.4, 0.5) is 5.95 Å². The van der Waals surface area contributed by atoms with Gasteiger partial charge in [0.05, 0.1) is 13.2 Å². The Morgan fingerprint density at radius 3 is 2.54 bits per heavy atom. The molecule has 0 aromatic carbocycles. The molecule has 0 radical (unpaired) electrons. The molecule has 4 aliphatic rings. The molecule has 0 N–H and O–H groups in total. The molecule has 0 bridgehead atoms. The zero-order valence-corrected chi connectivity index (χ0v) is 15.7. The standard InChI is InChI=1S/C20H31N5O/c1-2-6-24(7-3-1)20-21-10-16(11-22-20)12-23-8-9-25-18(13-23)14-26-15-19(25)17-4-5-17/h10-11,17-19H,1-9,12-15H2/t18-,19-/m1/s1. The number of morpholine rings is 1. The van der Waals surface area contributed by atoms with Crippen LogP contribution >= 0.6 is 0 Å². The minimum Gasteiger partial charge on any atom is -0.378 e. The SMILES string of the molecule is c1nc(N2CCCCC2)ncc1CN1CCN2[C@@H](COC[C@@H]2C2CC2)C1. The summed E-state index contributed by atoms with van der Waals surface area (Å²) >= 11 is 0.